The minimum absolute atomic E-state index is 0.0281. The minimum Gasteiger partial charge on any atom is -0.392 e. The maximum atomic E-state index is 10.1. The number of hydrogen-bond acceptors (Lipinski definition) is 4. The van der Waals surface area contributed by atoms with Crippen molar-refractivity contribution in [2.75, 3.05) is 0 Å². The van der Waals surface area contributed by atoms with Crippen molar-refractivity contribution in [3.63, 3.8) is 0 Å². The monoisotopic (exact) mass is 270 g/mol. The molecule has 1 N–H and O–H groups in total. The average molecular weight is 270 g/mol. The molecule has 4 nitrogen and oxygen atoms in total. The van der Waals surface area contributed by atoms with E-state index in [-0.39, 0.29) is 17.9 Å². The van der Waals surface area contributed by atoms with Gasteiger partial charge < -0.3 is 9.63 Å². The molecule has 3 atom stereocenters. The molecule has 0 saturated heterocycles. The number of hydrogen-bond donors (Lipinski definition) is 1. The van der Waals surface area contributed by atoms with Crippen LogP contribution in [-0.4, -0.2) is 21.4 Å². The highest BCUT2D eigenvalue weighted by molar-refractivity contribution is 5.43. The summed E-state index contributed by atoms with van der Waals surface area (Å²) in [5.41, 5.74) is 2.69. The van der Waals surface area contributed by atoms with Crippen LogP contribution in [0.3, 0.4) is 0 Å². The maximum absolute atomic E-state index is 10.1. The van der Waals surface area contributed by atoms with E-state index in [0.717, 1.165) is 37.9 Å². The van der Waals surface area contributed by atoms with Gasteiger partial charge in [-0.15, -0.1) is 0 Å². The molecule has 20 heavy (non-hydrogen) atoms. The van der Waals surface area contributed by atoms with Crippen LogP contribution in [0.25, 0.3) is 0 Å². The average Bonchev–Trinajstić information content (AvgIpc) is 2.90. The fourth-order valence-electron chi connectivity index (χ4n) is 3.43. The largest absolute Gasteiger partial charge is 0.392 e. The number of benzene rings is 1. The summed E-state index contributed by atoms with van der Waals surface area (Å²) in [7, 11) is 0. The third kappa shape index (κ3) is 1.86. The molecule has 0 bridgehead atoms. The number of rotatable bonds is 2. The molecule has 0 amide bonds. The Kier molecular flexibility index (Phi) is 2.84. The number of nitrogens with zero attached hydrogens (tertiary/aromatic N) is 2. The van der Waals surface area contributed by atoms with Crippen LogP contribution in [0.2, 0.25) is 0 Å². The first kappa shape index (κ1) is 12.1. The first-order valence-corrected chi connectivity index (χ1v) is 7.42. The van der Waals surface area contributed by atoms with Crippen molar-refractivity contribution in [2.24, 2.45) is 0 Å². The van der Waals surface area contributed by atoms with Gasteiger partial charge in [0.25, 0.3) is 0 Å². The molecule has 3 unspecified atom stereocenters. The Balaban J connectivity index is 1.57. The van der Waals surface area contributed by atoms with Crippen LogP contribution in [0.1, 0.15) is 60.4 Å². The zero-order valence-corrected chi connectivity index (χ0v) is 11.3. The summed E-state index contributed by atoms with van der Waals surface area (Å²) in [6.07, 6.45) is 4.67. The van der Waals surface area contributed by atoms with Gasteiger partial charge in [0.05, 0.1) is 17.9 Å². The molecule has 104 valence electrons. The van der Waals surface area contributed by atoms with Gasteiger partial charge in [0.15, 0.2) is 5.82 Å². The van der Waals surface area contributed by atoms with E-state index < -0.39 is 0 Å². The molecule has 1 aromatic carbocycles. The number of fused-ring (bicyclic) bond motifs is 1. The SMILES string of the molecule is OC1CCCCC1c1nc(C2Cc3ccccc32)no1. The molecule has 1 heterocycles. The highest BCUT2D eigenvalue weighted by Crippen LogP contribution is 2.39. The highest BCUT2D eigenvalue weighted by Gasteiger charge is 2.34. The molecule has 2 aliphatic rings. The molecule has 0 aliphatic heterocycles. The molecule has 0 spiro atoms. The van der Waals surface area contributed by atoms with Crippen molar-refractivity contribution in [1.29, 1.82) is 0 Å². The van der Waals surface area contributed by atoms with E-state index in [4.69, 9.17) is 4.52 Å². The summed E-state index contributed by atoms with van der Waals surface area (Å²) in [4.78, 5) is 4.57. The van der Waals surface area contributed by atoms with Crippen LogP contribution in [-0.2, 0) is 6.42 Å². The van der Waals surface area contributed by atoms with Gasteiger partial charge in [0.2, 0.25) is 5.89 Å². The predicted molar refractivity (Wildman–Crippen MR) is 73.5 cm³/mol. The summed E-state index contributed by atoms with van der Waals surface area (Å²) >= 11 is 0. The van der Waals surface area contributed by atoms with Crippen LogP contribution in [0.4, 0.5) is 0 Å². The third-order valence-corrected chi connectivity index (χ3v) is 4.67. The second kappa shape index (κ2) is 4.70. The molecule has 4 heteroatoms. The Bertz CT molecular complexity index is 622. The smallest absolute Gasteiger partial charge is 0.232 e. The first-order valence-electron chi connectivity index (χ1n) is 7.42. The summed E-state index contributed by atoms with van der Waals surface area (Å²) in [6, 6.07) is 8.40. The Hall–Kier alpha value is -1.68. The molecule has 1 saturated carbocycles. The van der Waals surface area contributed by atoms with E-state index >= 15 is 0 Å². The van der Waals surface area contributed by atoms with Gasteiger partial charge in [-0.25, -0.2) is 0 Å². The van der Waals surface area contributed by atoms with E-state index in [9.17, 15) is 5.11 Å². The zero-order valence-electron chi connectivity index (χ0n) is 11.3. The number of aromatic nitrogens is 2. The van der Waals surface area contributed by atoms with Crippen LogP contribution < -0.4 is 0 Å². The van der Waals surface area contributed by atoms with Gasteiger partial charge in [-0.3, -0.25) is 0 Å². The van der Waals surface area contributed by atoms with Gasteiger partial charge in [0.1, 0.15) is 0 Å². The van der Waals surface area contributed by atoms with Gasteiger partial charge in [-0.1, -0.05) is 42.3 Å². The van der Waals surface area contributed by atoms with Gasteiger partial charge >= 0.3 is 0 Å². The fourth-order valence-corrected chi connectivity index (χ4v) is 3.43. The van der Waals surface area contributed by atoms with Crippen LogP contribution in [0, 0.1) is 0 Å². The minimum atomic E-state index is -0.328. The van der Waals surface area contributed by atoms with Crippen molar-refractivity contribution in [3.8, 4) is 0 Å². The second-order valence-electron chi connectivity index (χ2n) is 5.90. The lowest BCUT2D eigenvalue weighted by molar-refractivity contribution is 0.0908. The van der Waals surface area contributed by atoms with Crippen LogP contribution >= 0.6 is 0 Å². The van der Waals surface area contributed by atoms with Gasteiger partial charge in [-0.05, 0) is 30.4 Å². The van der Waals surface area contributed by atoms with E-state index in [1.165, 1.54) is 11.1 Å². The van der Waals surface area contributed by atoms with E-state index in [2.05, 4.69) is 34.4 Å². The summed E-state index contributed by atoms with van der Waals surface area (Å²) in [5, 5.41) is 14.2. The molecule has 0 radical (unpaired) electrons. The third-order valence-electron chi connectivity index (χ3n) is 4.67. The normalized spacial score (nSPS) is 28.8. The predicted octanol–water partition coefficient (Wildman–Crippen LogP) is 2.78. The summed E-state index contributed by atoms with van der Waals surface area (Å²) in [6.45, 7) is 0. The molecule has 4 rings (SSSR count). The Morgan fingerprint density at radius 2 is 2.00 bits per heavy atom. The van der Waals surface area contributed by atoms with Crippen molar-refractivity contribution in [3.05, 3.63) is 47.1 Å². The van der Waals surface area contributed by atoms with Crippen LogP contribution in [0.15, 0.2) is 28.8 Å². The summed E-state index contributed by atoms with van der Waals surface area (Å²) in [5.74, 6) is 1.69. The molecular formula is C16H18N2O2. The standard InChI is InChI=1S/C16H18N2O2/c19-14-8-4-3-7-12(14)16-17-15(18-20-16)13-9-10-5-1-2-6-11(10)13/h1-2,5-6,12-14,19H,3-4,7-9H2. The fraction of sp³-hybridized carbons (Fsp3) is 0.500. The Labute approximate surface area is 117 Å². The number of aliphatic hydroxyl groups is 1. The highest BCUT2D eigenvalue weighted by atomic mass is 16.5. The first-order chi connectivity index (χ1) is 9.83. The quantitative estimate of drug-likeness (QED) is 0.911. The van der Waals surface area contributed by atoms with Crippen molar-refractivity contribution in [1.82, 2.24) is 10.1 Å². The van der Waals surface area contributed by atoms with Gasteiger partial charge in [-0.2, -0.15) is 4.98 Å². The van der Waals surface area contributed by atoms with Crippen molar-refractivity contribution in [2.45, 2.75) is 50.0 Å². The summed E-state index contributed by atoms with van der Waals surface area (Å²) < 4.78 is 5.43. The van der Waals surface area contributed by atoms with Gasteiger partial charge in [0, 0.05) is 0 Å². The molecule has 2 aliphatic carbocycles. The maximum Gasteiger partial charge on any atom is 0.232 e. The zero-order chi connectivity index (χ0) is 13.5. The van der Waals surface area contributed by atoms with Crippen molar-refractivity contribution < 1.29 is 9.63 Å². The van der Waals surface area contributed by atoms with Crippen molar-refractivity contribution >= 4 is 0 Å². The van der Waals surface area contributed by atoms with E-state index in [1.54, 1.807) is 0 Å². The molecule has 2 aromatic rings. The molecule has 1 aromatic heterocycles. The Morgan fingerprint density at radius 3 is 2.85 bits per heavy atom. The Morgan fingerprint density at radius 1 is 1.15 bits per heavy atom. The molecule has 1 fully saturated rings. The lowest BCUT2D eigenvalue weighted by Gasteiger charge is -2.27. The topological polar surface area (TPSA) is 59.2 Å². The second-order valence-corrected chi connectivity index (χ2v) is 5.90. The lowest BCUT2D eigenvalue weighted by Crippen LogP contribution is -2.23. The lowest BCUT2D eigenvalue weighted by atomic mass is 9.77. The van der Waals surface area contributed by atoms with E-state index in [0.29, 0.717) is 5.89 Å². The van der Waals surface area contributed by atoms with E-state index in [1.807, 2.05) is 0 Å². The molecular weight excluding hydrogens is 252 g/mol. The van der Waals surface area contributed by atoms with Crippen LogP contribution in [0.5, 0.6) is 0 Å². The number of aliphatic hydroxyl groups excluding tert-OH is 1.